The molecule has 0 saturated heterocycles. The fourth-order valence-corrected chi connectivity index (χ4v) is 2.58. The first kappa shape index (κ1) is 18.7. The standard InChI is InChI=1S/C20H32NO/c1-2-3-4-5-6-7-8-9-10-11-15-18-20(22)21-19-16-13-12-14-17-19/h12-14,16-18H,2-11,15H2,1H3,(H,21,22). The Bertz CT molecular complexity index is 375. The molecule has 1 N–H and O–H groups in total. The quantitative estimate of drug-likeness (QED) is 0.436. The van der Waals surface area contributed by atoms with E-state index in [2.05, 4.69) is 12.2 Å². The average Bonchev–Trinajstić information content (AvgIpc) is 2.53. The Labute approximate surface area is 136 Å². The van der Waals surface area contributed by atoms with Crippen molar-refractivity contribution >= 4 is 11.6 Å². The van der Waals surface area contributed by atoms with Gasteiger partial charge in [-0.25, -0.2) is 0 Å². The van der Waals surface area contributed by atoms with E-state index >= 15 is 0 Å². The Morgan fingerprint density at radius 3 is 2.00 bits per heavy atom. The van der Waals surface area contributed by atoms with Crippen LogP contribution in [0.4, 0.5) is 5.69 Å². The van der Waals surface area contributed by atoms with Gasteiger partial charge in [-0.2, -0.15) is 0 Å². The predicted molar refractivity (Wildman–Crippen MR) is 95.8 cm³/mol. The highest BCUT2D eigenvalue weighted by molar-refractivity contribution is 5.96. The molecule has 0 spiro atoms. The minimum absolute atomic E-state index is 0.0159. The zero-order chi connectivity index (χ0) is 15.9. The first-order valence-corrected chi connectivity index (χ1v) is 9.02. The van der Waals surface area contributed by atoms with Gasteiger partial charge in [0.05, 0.1) is 0 Å². The highest BCUT2D eigenvalue weighted by Gasteiger charge is 2.02. The lowest BCUT2D eigenvalue weighted by molar-refractivity contribution is -0.113. The Kier molecular flexibility index (Phi) is 11.4. The fourth-order valence-electron chi connectivity index (χ4n) is 2.58. The van der Waals surface area contributed by atoms with Crippen LogP contribution in [0.3, 0.4) is 0 Å². The maximum absolute atomic E-state index is 11.7. The molecule has 1 aromatic rings. The number of hydrogen-bond donors (Lipinski definition) is 1. The van der Waals surface area contributed by atoms with E-state index < -0.39 is 0 Å². The van der Waals surface area contributed by atoms with E-state index in [-0.39, 0.29) is 5.91 Å². The number of amides is 1. The Balaban J connectivity index is 1.86. The topological polar surface area (TPSA) is 29.1 Å². The second-order valence-electron chi connectivity index (χ2n) is 6.03. The van der Waals surface area contributed by atoms with Crippen LogP contribution in [0.5, 0.6) is 0 Å². The molecule has 0 aromatic heterocycles. The van der Waals surface area contributed by atoms with Crippen molar-refractivity contribution in [3.63, 3.8) is 0 Å². The van der Waals surface area contributed by atoms with Gasteiger partial charge in [0.25, 0.3) is 0 Å². The molecule has 0 saturated carbocycles. The largest absolute Gasteiger partial charge is 0.326 e. The molecular formula is C20H32NO. The lowest BCUT2D eigenvalue weighted by Crippen LogP contribution is -2.11. The predicted octanol–water partition coefficient (Wildman–Crippen LogP) is 6.14. The lowest BCUT2D eigenvalue weighted by Gasteiger charge is -2.05. The van der Waals surface area contributed by atoms with E-state index in [0.29, 0.717) is 0 Å². The van der Waals surface area contributed by atoms with Gasteiger partial charge in [-0.3, -0.25) is 4.79 Å². The van der Waals surface area contributed by atoms with Crippen LogP contribution in [0.15, 0.2) is 30.3 Å². The minimum atomic E-state index is 0.0159. The van der Waals surface area contributed by atoms with Crippen molar-refractivity contribution in [2.24, 2.45) is 0 Å². The van der Waals surface area contributed by atoms with Gasteiger partial charge in [-0.15, -0.1) is 0 Å². The first-order valence-electron chi connectivity index (χ1n) is 9.02. The van der Waals surface area contributed by atoms with E-state index in [4.69, 9.17) is 0 Å². The SMILES string of the molecule is CCCCCCCCCCCC[CH]C(=O)Nc1ccccc1. The number of para-hydroxylation sites is 1. The van der Waals surface area contributed by atoms with E-state index in [1.165, 1.54) is 57.8 Å². The van der Waals surface area contributed by atoms with Crippen molar-refractivity contribution in [1.82, 2.24) is 0 Å². The maximum Gasteiger partial charge on any atom is 0.228 e. The van der Waals surface area contributed by atoms with E-state index in [1.54, 1.807) is 6.42 Å². The summed E-state index contributed by atoms with van der Waals surface area (Å²) in [7, 11) is 0. The normalized spacial score (nSPS) is 10.6. The third-order valence-corrected chi connectivity index (χ3v) is 3.93. The molecule has 0 aliphatic carbocycles. The number of nitrogens with one attached hydrogen (secondary N) is 1. The Morgan fingerprint density at radius 2 is 1.41 bits per heavy atom. The van der Waals surface area contributed by atoms with Gasteiger partial charge < -0.3 is 5.32 Å². The van der Waals surface area contributed by atoms with E-state index in [0.717, 1.165) is 18.5 Å². The third kappa shape index (κ3) is 10.4. The summed E-state index contributed by atoms with van der Waals surface area (Å²) in [6.45, 7) is 2.26. The molecule has 0 heterocycles. The van der Waals surface area contributed by atoms with Gasteiger partial charge in [0.2, 0.25) is 5.91 Å². The zero-order valence-corrected chi connectivity index (χ0v) is 14.2. The Hall–Kier alpha value is -1.31. The van der Waals surface area contributed by atoms with Crippen molar-refractivity contribution in [2.75, 3.05) is 5.32 Å². The van der Waals surface area contributed by atoms with Crippen LogP contribution in [0, 0.1) is 6.42 Å². The van der Waals surface area contributed by atoms with Gasteiger partial charge in [0.15, 0.2) is 0 Å². The molecule has 2 nitrogen and oxygen atoms in total. The summed E-state index contributed by atoms with van der Waals surface area (Å²) in [4.78, 5) is 11.7. The van der Waals surface area contributed by atoms with Crippen LogP contribution >= 0.6 is 0 Å². The molecule has 0 bridgehead atoms. The van der Waals surface area contributed by atoms with Gasteiger partial charge in [0, 0.05) is 12.1 Å². The van der Waals surface area contributed by atoms with E-state index in [9.17, 15) is 4.79 Å². The van der Waals surface area contributed by atoms with Gasteiger partial charge in [-0.1, -0.05) is 89.3 Å². The van der Waals surface area contributed by atoms with Crippen LogP contribution in [-0.2, 0) is 4.79 Å². The second kappa shape index (κ2) is 13.4. The molecule has 1 rings (SSSR count). The van der Waals surface area contributed by atoms with Crippen molar-refractivity contribution in [3.05, 3.63) is 36.8 Å². The van der Waals surface area contributed by atoms with Crippen molar-refractivity contribution in [3.8, 4) is 0 Å². The number of carbonyl (C=O) groups excluding carboxylic acids is 1. The van der Waals surface area contributed by atoms with Crippen LogP contribution in [0.2, 0.25) is 0 Å². The summed E-state index contributed by atoms with van der Waals surface area (Å²) in [5, 5.41) is 2.88. The number of hydrogen-bond acceptors (Lipinski definition) is 1. The molecule has 2 heteroatoms. The van der Waals surface area contributed by atoms with Gasteiger partial charge in [-0.05, 0) is 18.6 Å². The molecule has 1 aromatic carbocycles. The molecule has 0 atom stereocenters. The Morgan fingerprint density at radius 1 is 0.864 bits per heavy atom. The number of rotatable bonds is 13. The zero-order valence-electron chi connectivity index (χ0n) is 14.2. The summed E-state index contributed by atoms with van der Waals surface area (Å²) < 4.78 is 0. The molecule has 123 valence electrons. The molecule has 1 amide bonds. The van der Waals surface area contributed by atoms with Gasteiger partial charge >= 0.3 is 0 Å². The summed E-state index contributed by atoms with van der Waals surface area (Å²) >= 11 is 0. The molecule has 0 aliphatic rings. The van der Waals surface area contributed by atoms with Crippen LogP contribution in [0.1, 0.15) is 77.6 Å². The molecule has 0 aliphatic heterocycles. The molecule has 22 heavy (non-hydrogen) atoms. The van der Waals surface area contributed by atoms with Crippen molar-refractivity contribution < 1.29 is 4.79 Å². The molecule has 0 fully saturated rings. The summed E-state index contributed by atoms with van der Waals surface area (Å²) in [6.07, 6.45) is 16.0. The van der Waals surface area contributed by atoms with Crippen molar-refractivity contribution in [2.45, 2.75) is 77.6 Å². The van der Waals surface area contributed by atoms with Crippen molar-refractivity contribution in [1.29, 1.82) is 0 Å². The molecule has 0 unspecified atom stereocenters. The minimum Gasteiger partial charge on any atom is -0.326 e. The maximum atomic E-state index is 11.7. The average molecular weight is 302 g/mol. The lowest BCUT2D eigenvalue weighted by atomic mass is 10.1. The van der Waals surface area contributed by atoms with E-state index in [1.807, 2.05) is 30.3 Å². The number of benzene rings is 1. The highest BCUT2D eigenvalue weighted by atomic mass is 16.1. The summed E-state index contributed by atoms with van der Waals surface area (Å²) in [6, 6.07) is 9.62. The van der Waals surface area contributed by atoms with Crippen LogP contribution < -0.4 is 5.32 Å². The second-order valence-corrected chi connectivity index (χ2v) is 6.03. The third-order valence-electron chi connectivity index (χ3n) is 3.93. The number of carbonyl (C=O) groups is 1. The highest BCUT2D eigenvalue weighted by Crippen LogP contribution is 2.12. The summed E-state index contributed by atoms with van der Waals surface area (Å²) in [5.41, 5.74) is 0.867. The first-order chi connectivity index (χ1) is 10.8. The van der Waals surface area contributed by atoms with Crippen LogP contribution in [-0.4, -0.2) is 5.91 Å². The number of unbranched alkanes of at least 4 members (excludes halogenated alkanes) is 10. The molecular weight excluding hydrogens is 270 g/mol. The number of anilines is 1. The van der Waals surface area contributed by atoms with Gasteiger partial charge in [0.1, 0.15) is 0 Å². The summed E-state index contributed by atoms with van der Waals surface area (Å²) in [5.74, 6) is 0.0159. The fraction of sp³-hybridized carbons (Fsp3) is 0.600. The monoisotopic (exact) mass is 302 g/mol. The smallest absolute Gasteiger partial charge is 0.228 e. The molecule has 1 radical (unpaired) electrons. The van der Waals surface area contributed by atoms with Crippen LogP contribution in [0.25, 0.3) is 0 Å².